The van der Waals surface area contributed by atoms with E-state index in [0.29, 0.717) is 11.9 Å². The number of H-pyrrole nitrogens is 1. The largest absolute Gasteiger partial charge is 0.325 e. The van der Waals surface area contributed by atoms with Crippen molar-refractivity contribution in [2.75, 3.05) is 5.32 Å². The number of guanidine groups is 1. The van der Waals surface area contributed by atoms with Crippen LogP contribution < -0.4 is 21.6 Å². The number of nitrogens with one attached hydrogen (secondary N) is 3. The van der Waals surface area contributed by atoms with Crippen LogP contribution in [0.25, 0.3) is 0 Å². The van der Waals surface area contributed by atoms with Gasteiger partial charge < -0.3 is 5.73 Å². The van der Waals surface area contributed by atoms with E-state index in [1.54, 1.807) is 0 Å². The molecule has 0 amide bonds. The maximum Gasteiger partial charge on any atom is 0.325 e. The van der Waals surface area contributed by atoms with E-state index in [2.05, 4.69) is 20.3 Å². The lowest BCUT2D eigenvalue weighted by atomic mass is 10.2. The normalized spacial score (nSPS) is 11.3. The fourth-order valence-electron chi connectivity index (χ4n) is 1.79. The molecule has 1 heterocycles. The molecule has 0 aliphatic heterocycles. The molecule has 0 aliphatic rings. The molecular formula is C14H18N5O+. The van der Waals surface area contributed by atoms with Crippen LogP contribution in [0.4, 0.5) is 11.6 Å². The van der Waals surface area contributed by atoms with Gasteiger partial charge in [-0.2, -0.15) is 0 Å². The first-order chi connectivity index (χ1) is 9.67. The first-order valence-electron chi connectivity index (χ1n) is 6.49. The van der Waals surface area contributed by atoms with E-state index in [9.17, 15) is 4.79 Å². The molecule has 2 rings (SSSR count). The molecule has 0 bridgehead atoms. The molecule has 6 heteroatoms. The lowest BCUT2D eigenvalue weighted by Crippen LogP contribution is -2.73. The average Bonchev–Trinajstić information content (AvgIpc) is 2.39. The van der Waals surface area contributed by atoms with Gasteiger partial charge in [0.05, 0.1) is 11.4 Å². The van der Waals surface area contributed by atoms with Crippen molar-refractivity contribution in [3.8, 4) is 0 Å². The van der Waals surface area contributed by atoms with E-state index >= 15 is 0 Å². The van der Waals surface area contributed by atoms with E-state index in [0.717, 1.165) is 24.2 Å². The van der Waals surface area contributed by atoms with Crippen molar-refractivity contribution >= 4 is 17.6 Å². The predicted molar refractivity (Wildman–Crippen MR) is 78.7 cm³/mol. The number of nitrogens with two attached hydrogens (primary N) is 1. The number of rotatable bonds is 4. The molecule has 104 valence electrons. The highest BCUT2D eigenvalue weighted by atomic mass is 16.1. The molecule has 0 unspecified atom stereocenters. The maximum atomic E-state index is 11.5. The molecule has 0 spiro atoms. The highest BCUT2D eigenvalue weighted by molar-refractivity contribution is 5.88. The Labute approximate surface area is 116 Å². The van der Waals surface area contributed by atoms with Crippen molar-refractivity contribution in [2.45, 2.75) is 19.8 Å². The van der Waals surface area contributed by atoms with Crippen molar-refractivity contribution in [1.82, 2.24) is 9.97 Å². The first-order valence-corrected chi connectivity index (χ1v) is 6.49. The molecule has 2 aromatic rings. The summed E-state index contributed by atoms with van der Waals surface area (Å²) in [6.07, 6.45) is 1.68. The van der Waals surface area contributed by atoms with Gasteiger partial charge in [0.25, 0.3) is 11.5 Å². The molecule has 0 saturated heterocycles. The number of aryl methyl sites for hydroxylation is 1. The maximum absolute atomic E-state index is 11.5. The van der Waals surface area contributed by atoms with Gasteiger partial charge in [0, 0.05) is 6.07 Å². The monoisotopic (exact) mass is 272 g/mol. The minimum atomic E-state index is -0.196. The van der Waals surface area contributed by atoms with Gasteiger partial charge in [-0.3, -0.25) is 10.1 Å². The summed E-state index contributed by atoms with van der Waals surface area (Å²) in [5.74, 6) is 0.634. The molecule has 0 radical (unpaired) electrons. The molecule has 0 saturated carbocycles. The molecule has 5 N–H and O–H groups in total. The lowest BCUT2D eigenvalue weighted by Gasteiger charge is -2.01. The van der Waals surface area contributed by atoms with Crippen LogP contribution in [0, 0.1) is 0 Å². The number of hydrogen-bond acceptors (Lipinski definition) is 2. The topological polar surface area (TPSA) is 97.8 Å². The van der Waals surface area contributed by atoms with Gasteiger partial charge in [-0.1, -0.05) is 25.1 Å². The number of nitrogens with zero attached hydrogens (tertiary/aromatic N) is 1. The molecule has 20 heavy (non-hydrogen) atoms. The molecule has 0 atom stereocenters. The number of benzene rings is 1. The predicted octanol–water partition coefficient (Wildman–Crippen LogP) is -0.139. The summed E-state index contributed by atoms with van der Waals surface area (Å²) >= 11 is 0. The Kier molecular flexibility index (Phi) is 4.49. The van der Waals surface area contributed by atoms with Gasteiger partial charge in [0.15, 0.2) is 0 Å². The summed E-state index contributed by atoms with van der Waals surface area (Å²) < 4.78 is 0. The second-order valence-electron chi connectivity index (χ2n) is 4.37. The van der Waals surface area contributed by atoms with Crippen molar-refractivity contribution in [2.24, 2.45) is 5.73 Å². The fraction of sp³-hybridized carbons (Fsp3) is 0.214. The second-order valence-corrected chi connectivity index (χ2v) is 4.37. The molecule has 0 aliphatic carbocycles. The lowest BCUT2D eigenvalue weighted by molar-refractivity contribution is -0.365. The zero-order valence-corrected chi connectivity index (χ0v) is 11.3. The number of para-hydroxylation sites is 1. The summed E-state index contributed by atoms with van der Waals surface area (Å²) in [4.78, 5) is 21.3. The number of aromatic amines is 1. The zero-order chi connectivity index (χ0) is 14.4. The van der Waals surface area contributed by atoms with E-state index in [4.69, 9.17) is 5.73 Å². The highest BCUT2D eigenvalue weighted by Gasteiger charge is 2.05. The van der Waals surface area contributed by atoms with Crippen LogP contribution in [0.3, 0.4) is 0 Å². The Bertz CT molecular complexity index is 648. The van der Waals surface area contributed by atoms with Gasteiger partial charge in [-0.25, -0.2) is 9.98 Å². The van der Waals surface area contributed by atoms with Crippen LogP contribution in [0.2, 0.25) is 0 Å². The van der Waals surface area contributed by atoms with Crippen LogP contribution in [0.5, 0.6) is 0 Å². The SMILES string of the molecule is CCCc1cc(=O)[nH]c([NH+]=C(N)Nc2ccccc2)n1. The number of aromatic nitrogens is 2. The summed E-state index contributed by atoms with van der Waals surface area (Å²) in [7, 11) is 0. The smallest absolute Gasteiger partial charge is 0.322 e. The van der Waals surface area contributed by atoms with E-state index < -0.39 is 0 Å². The Morgan fingerprint density at radius 3 is 2.85 bits per heavy atom. The van der Waals surface area contributed by atoms with Gasteiger partial charge >= 0.3 is 5.95 Å². The van der Waals surface area contributed by atoms with Crippen molar-refractivity contribution in [3.05, 3.63) is 52.4 Å². The first kappa shape index (κ1) is 13.8. The van der Waals surface area contributed by atoms with Crippen LogP contribution in [-0.2, 0) is 6.42 Å². The van der Waals surface area contributed by atoms with Crippen molar-refractivity contribution in [3.63, 3.8) is 0 Å². The van der Waals surface area contributed by atoms with Crippen LogP contribution >= 0.6 is 0 Å². The molecular weight excluding hydrogens is 254 g/mol. The molecule has 1 aromatic carbocycles. The zero-order valence-electron chi connectivity index (χ0n) is 11.3. The van der Waals surface area contributed by atoms with Crippen LogP contribution in [0.1, 0.15) is 19.0 Å². The summed E-state index contributed by atoms with van der Waals surface area (Å²) in [5, 5.41) is 2.98. The molecule has 1 aromatic heterocycles. The second kappa shape index (κ2) is 6.51. The minimum Gasteiger partial charge on any atom is -0.322 e. The molecule has 6 nitrogen and oxygen atoms in total. The Morgan fingerprint density at radius 2 is 2.15 bits per heavy atom. The Hall–Kier alpha value is -2.63. The molecule has 0 fully saturated rings. The van der Waals surface area contributed by atoms with Crippen molar-refractivity contribution in [1.29, 1.82) is 0 Å². The van der Waals surface area contributed by atoms with E-state index in [-0.39, 0.29) is 5.56 Å². The minimum absolute atomic E-state index is 0.196. The third kappa shape index (κ3) is 3.94. The quantitative estimate of drug-likeness (QED) is 0.460. The average molecular weight is 272 g/mol. The highest BCUT2D eigenvalue weighted by Crippen LogP contribution is 2.02. The number of anilines is 1. The van der Waals surface area contributed by atoms with Gasteiger partial charge in [-0.05, 0) is 25.0 Å². The van der Waals surface area contributed by atoms with Gasteiger partial charge in [0.1, 0.15) is 0 Å². The summed E-state index contributed by atoms with van der Waals surface area (Å²) in [6, 6.07) is 11.0. The fourth-order valence-corrected chi connectivity index (χ4v) is 1.79. The third-order valence-corrected chi connectivity index (χ3v) is 2.61. The number of hydrogen-bond donors (Lipinski definition) is 4. The van der Waals surface area contributed by atoms with Gasteiger partial charge in [0.2, 0.25) is 0 Å². The summed E-state index contributed by atoms with van der Waals surface area (Å²) in [6.45, 7) is 2.04. The third-order valence-electron chi connectivity index (χ3n) is 2.61. The van der Waals surface area contributed by atoms with Crippen LogP contribution in [-0.4, -0.2) is 15.9 Å². The standard InChI is InChI=1S/C14H17N5O/c1-2-6-11-9-12(20)18-14(17-11)19-13(15)16-10-7-4-3-5-8-10/h3-5,7-9H,2,6H2,1H3,(H4,15,16,17,18,19,20)/p+1. The van der Waals surface area contributed by atoms with Crippen LogP contribution in [0.15, 0.2) is 41.2 Å². The van der Waals surface area contributed by atoms with E-state index in [1.165, 1.54) is 6.07 Å². The Balaban J connectivity index is 2.19. The van der Waals surface area contributed by atoms with Gasteiger partial charge in [-0.15, -0.1) is 4.98 Å². The van der Waals surface area contributed by atoms with E-state index in [1.807, 2.05) is 37.3 Å². The Morgan fingerprint density at radius 1 is 1.40 bits per heavy atom. The van der Waals surface area contributed by atoms with Crippen molar-refractivity contribution < 1.29 is 4.99 Å². The summed E-state index contributed by atoms with van der Waals surface area (Å²) in [5.41, 5.74) is 7.24.